The van der Waals surface area contributed by atoms with Gasteiger partial charge >= 0.3 is 0 Å². The van der Waals surface area contributed by atoms with Crippen LogP contribution in [0.4, 0.5) is 0 Å². The van der Waals surface area contributed by atoms with Crippen molar-refractivity contribution in [3.63, 3.8) is 0 Å². The Hall–Kier alpha value is -2.02. The van der Waals surface area contributed by atoms with Crippen LogP contribution in [0.5, 0.6) is 0 Å². The van der Waals surface area contributed by atoms with E-state index in [-0.39, 0.29) is 14.8 Å². The van der Waals surface area contributed by atoms with E-state index in [1.165, 1.54) is 12.1 Å². The summed E-state index contributed by atoms with van der Waals surface area (Å²) in [6.45, 7) is 3.43. The molecule has 0 radical (unpaired) electrons. The molecule has 0 aliphatic carbocycles. The molecule has 0 aliphatic heterocycles. The van der Waals surface area contributed by atoms with Gasteiger partial charge in [-0.3, -0.25) is 0 Å². The molecule has 7 heteroatoms. The molecule has 0 amide bonds. The molecule has 0 spiro atoms. The minimum absolute atomic E-state index is 0.0115. The number of aryl methyl sites for hydroxylation is 2. The number of nitrogens with zero attached hydrogens (tertiary/aromatic N) is 1. The van der Waals surface area contributed by atoms with Crippen molar-refractivity contribution in [1.82, 2.24) is 4.98 Å². The Bertz CT molecular complexity index is 1080. The van der Waals surface area contributed by atoms with Crippen molar-refractivity contribution in [2.24, 2.45) is 0 Å². The van der Waals surface area contributed by atoms with E-state index in [0.717, 1.165) is 0 Å². The van der Waals surface area contributed by atoms with Gasteiger partial charge < -0.3 is 0 Å². The van der Waals surface area contributed by atoms with E-state index in [0.29, 0.717) is 21.2 Å². The smallest absolute Gasteiger partial charge is 0.209 e. The molecule has 0 bridgehead atoms. The third-order valence-electron chi connectivity index (χ3n) is 3.78. The van der Waals surface area contributed by atoms with Crippen LogP contribution in [0.25, 0.3) is 0 Å². The van der Waals surface area contributed by atoms with E-state index in [9.17, 15) is 12.6 Å². The van der Waals surface area contributed by atoms with Crippen molar-refractivity contribution in [1.29, 1.82) is 0 Å². The number of pyridine rings is 1. The Kier molecular flexibility index (Phi) is 5.27. The molecule has 4 nitrogen and oxygen atoms in total. The summed E-state index contributed by atoms with van der Waals surface area (Å²) in [7, 11) is -5.62. The third kappa shape index (κ3) is 3.58. The van der Waals surface area contributed by atoms with Crippen LogP contribution < -0.4 is 0 Å². The van der Waals surface area contributed by atoms with Crippen molar-refractivity contribution < 1.29 is 12.6 Å². The normalized spacial score (nSPS) is 12.7. The second kappa shape index (κ2) is 7.31. The van der Waals surface area contributed by atoms with Crippen LogP contribution in [0.1, 0.15) is 11.3 Å². The number of hydrogen-bond acceptors (Lipinski definition) is 4. The summed E-state index contributed by atoms with van der Waals surface area (Å²) in [5.74, 6) is 0. The second-order valence-corrected chi connectivity index (χ2v) is 9.47. The van der Waals surface area contributed by atoms with Gasteiger partial charge in [0.25, 0.3) is 0 Å². The molecule has 1 unspecified atom stereocenters. The monoisotopic (exact) mass is 405 g/mol. The largest absolute Gasteiger partial charge is 0.247 e. The number of halogens is 1. The maximum absolute atomic E-state index is 13.2. The van der Waals surface area contributed by atoms with Gasteiger partial charge in [-0.05, 0) is 61.9 Å². The van der Waals surface area contributed by atoms with E-state index in [4.69, 9.17) is 11.6 Å². The maximum Gasteiger partial charge on any atom is 0.209 e. The topological polar surface area (TPSA) is 64.1 Å². The van der Waals surface area contributed by atoms with Crippen LogP contribution in [0.3, 0.4) is 0 Å². The first kappa shape index (κ1) is 18.8. The molecule has 3 rings (SSSR count). The van der Waals surface area contributed by atoms with E-state index >= 15 is 0 Å². The van der Waals surface area contributed by atoms with Crippen molar-refractivity contribution in [3.8, 4) is 0 Å². The first-order chi connectivity index (χ1) is 12.3. The highest BCUT2D eigenvalue weighted by atomic mass is 35.5. The summed E-state index contributed by atoms with van der Waals surface area (Å²) >= 11 is 5.89. The first-order valence-electron chi connectivity index (χ1n) is 7.76. The van der Waals surface area contributed by atoms with Crippen molar-refractivity contribution in [3.05, 3.63) is 76.9 Å². The van der Waals surface area contributed by atoms with Crippen LogP contribution in [-0.4, -0.2) is 17.6 Å². The zero-order valence-corrected chi connectivity index (χ0v) is 16.5. The van der Waals surface area contributed by atoms with Crippen molar-refractivity contribution in [2.45, 2.75) is 33.6 Å². The summed E-state index contributed by atoms with van der Waals surface area (Å²) in [6.07, 6.45) is 0. The molecular formula is C19H16ClNO3S2. The minimum atomic E-state index is -3.86. The Morgan fingerprint density at radius 3 is 2.19 bits per heavy atom. The Labute approximate surface area is 160 Å². The van der Waals surface area contributed by atoms with Gasteiger partial charge in [0.15, 0.2) is 5.03 Å². The van der Waals surface area contributed by atoms with Crippen LogP contribution in [-0.2, 0) is 20.6 Å². The molecule has 1 heterocycles. The molecule has 0 aliphatic rings. The van der Waals surface area contributed by atoms with Gasteiger partial charge in [0.1, 0.15) is 15.7 Å². The molecule has 26 heavy (non-hydrogen) atoms. The number of benzene rings is 2. The highest BCUT2D eigenvalue weighted by Gasteiger charge is 2.28. The fourth-order valence-electron chi connectivity index (χ4n) is 2.63. The van der Waals surface area contributed by atoms with E-state index < -0.39 is 20.6 Å². The summed E-state index contributed by atoms with van der Waals surface area (Å²) in [6, 6.07) is 16.2. The van der Waals surface area contributed by atoms with E-state index in [1.807, 2.05) is 0 Å². The Morgan fingerprint density at radius 2 is 1.58 bits per heavy atom. The quantitative estimate of drug-likeness (QED) is 0.647. The van der Waals surface area contributed by atoms with Crippen LogP contribution in [0.15, 0.2) is 80.4 Å². The predicted molar refractivity (Wildman–Crippen MR) is 102 cm³/mol. The second-order valence-electron chi connectivity index (χ2n) is 5.75. The Balaban J connectivity index is 2.24. The summed E-state index contributed by atoms with van der Waals surface area (Å²) in [5.41, 5.74) is 1.12. The molecule has 2 aromatic carbocycles. The average molecular weight is 406 g/mol. The van der Waals surface area contributed by atoms with Gasteiger partial charge in [0.2, 0.25) is 9.84 Å². The fraction of sp³-hybridized carbons (Fsp3) is 0.105. The highest BCUT2D eigenvalue weighted by Crippen LogP contribution is 2.31. The van der Waals surface area contributed by atoms with Crippen LogP contribution in [0, 0.1) is 13.8 Å². The highest BCUT2D eigenvalue weighted by molar-refractivity contribution is 7.92. The number of sulfone groups is 1. The molecule has 134 valence electrons. The first-order valence-corrected chi connectivity index (χ1v) is 10.8. The molecule has 3 aromatic rings. The molecular weight excluding hydrogens is 390 g/mol. The maximum atomic E-state index is 13.2. The standard InChI is InChI=1S/C19H16ClNO3S2/c1-13-12-14(2)21-19(25(22)16-10-8-15(20)9-11-16)18(13)26(23,24)17-6-4-3-5-7-17/h3-12H,1-2H3. The minimum Gasteiger partial charge on any atom is -0.247 e. The van der Waals surface area contributed by atoms with E-state index in [2.05, 4.69) is 4.98 Å². The predicted octanol–water partition coefficient (Wildman–Crippen LogP) is 4.35. The van der Waals surface area contributed by atoms with Crippen molar-refractivity contribution in [2.75, 3.05) is 0 Å². The fourth-order valence-corrected chi connectivity index (χ4v) is 5.99. The van der Waals surface area contributed by atoms with Crippen LogP contribution >= 0.6 is 11.6 Å². The molecule has 1 aromatic heterocycles. The molecule has 1 atom stereocenters. The molecule has 0 saturated carbocycles. The number of rotatable bonds is 4. The summed E-state index contributed by atoms with van der Waals surface area (Å²) < 4.78 is 39.5. The zero-order valence-electron chi connectivity index (χ0n) is 14.1. The number of hydrogen-bond donors (Lipinski definition) is 0. The summed E-state index contributed by atoms with van der Waals surface area (Å²) in [5, 5.41) is 0.546. The van der Waals surface area contributed by atoms with Gasteiger partial charge in [-0.2, -0.15) is 0 Å². The molecule has 0 saturated heterocycles. The Morgan fingerprint density at radius 1 is 0.962 bits per heavy atom. The van der Waals surface area contributed by atoms with Gasteiger partial charge in [-0.15, -0.1) is 0 Å². The molecule has 0 fully saturated rings. The van der Waals surface area contributed by atoms with Gasteiger partial charge in [-0.25, -0.2) is 17.6 Å². The SMILES string of the molecule is Cc1cc(C)c(S(=O)(=O)c2ccccc2)c(S(=O)c2ccc(Cl)cc2)n1. The third-order valence-corrected chi connectivity index (χ3v) is 7.45. The van der Waals surface area contributed by atoms with Crippen LogP contribution in [0.2, 0.25) is 5.02 Å². The van der Waals surface area contributed by atoms with E-state index in [1.54, 1.807) is 62.4 Å². The lowest BCUT2D eigenvalue weighted by Gasteiger charge is -2.14. The van der Waals surface area contributed by atoms with Crippen molar-refractivity contribution >= 4 is 32.2 Å². The molecule has 0 N–H and O–H groups in total. The van der Waals surface area contributed by atoms with Gasteiger partial charge in [0, 0.05) is 15.6 Å². The summed E-state index contributed by atoms with van der Waals surface area (Å²) in [4.78, 5) is 4.88. The van der Waals surface area contributed by atoms with Gasteiger partial charge in [0.05, 0.1) is 4.90 Å². The zero-order chi connectivity index (χ0) is 18.9. The van der Waals surface area contributed by atoms with Gasteiger partial charge in [-0.1, -0.05) is 29.8 Å². The average Bonchev–Trinajstić information content (AvgIpc) is 2.61. The number of aromatic nitrogens is 1. The lowest BCUT2D eigenvalue weighted by Crippen LogP contribution is -2.12. The lowest BCUT2D eigenvalue weighted by molar-refractivity contribution is 0.590. The lowest BCUT2D eigenvalue weighted by atomic mass is 10.2.